The lowest BCUT2D eigenvalue weighted by Crippen LogP contribution is -2.61. The molecule has 0 bridgehead atoms. The molecular weight excluding hydrogens is 1070 g/mol. The summed E-state index contributed by atoms with van der Waals surface area (Å²) in [6.45, 7) is 13.1. The second-order valence-electron chi connectivity index (χ2n) is 21.9. The van der Waals surface area contributed by atoms with Crippen molar-refractivity contribution in [1.29, 1.82) is 0 Å². The molecule has 1 heterocycles. The fourth-order valence-corrected chi connectivity index (χ4v) is 9.07. The van der Waals surface area contributed by atoms with E-state index in [1.54, 1.807) is 75.4 Å². The van der Waals surface area contributed by atoms with Crippen molar-refractivity contribution in [1.82, 2.24) is 42.1 Å². The van der Waals surface area contributed by atoms with Gasteiger partial charge in [-0.1, -0.05) is 84.0 Å². The topological polar surface area (TPSA) is 448 Å². The molecule has 8 atom stereocenters. The smallest absolute Gasteiger partial charge is 0.245 e. The van der Waals surface area contributed by atoms with Crippen molar-refractivity contribution in [3.8, 4) is 5.75 Å². The number of nitrogens with two attached hydrogens (primary N) is 6. The molecule has 1 aliphatic heterocycles. The second kappa shape index (κ2) is 34.0. The van der Waals surface area contributed by atoms with Crippen LogP contribution in [0.3, 0.4) is 0 Å². The van der Waals surface area contributed by atoms with Crippen LogP contribution in [0.4, 0.5) is 0 Å². The lowest BCUT2D eigenvalue weighted by atomic mass is 9.91. The van der Waals surface area contributed by atoms with E-state index < -0.39 is 119 Å². The van der Waals surface area contributed by atoms with Crippen LogP contribution in [0, 0.1) is 11.3 Å². The maximum absolute atomic E-state index is 14.5. The maximum atomic E-state index is 14.5. The van der Waals surface area contributed by atoms with Gasteiger partial charge < -0.3 is 81.3 Å². The number of rotatable bonds is 34. The van der Waals surface area contributed by atoms with E-state index in [0.717, 1.165) is 0 Å². The Morgan fingerprint density at radius 3 is 1.65 bits per heavy atom. The van der Waals surface area contributed by atoms with Gasteiger partial charge in [0, 0.05) is 38.9 Å². The van der Waals surface area contributed by atoms with E-state index >= 15 is 0 Å². The third-order valence-electron chi connectivity index (χ3n) is 13.3. The molecule has 0 spiro atoms. The Labute approximate surface area is 485 Å². The molecule has 1 aliphatic rings. The zero-order chi connectivity index (χ0) is 62.0. The van der Waals surface area contributed by atoms with Gasteiger partial charge in [0.2, 0.25) is 59.1 Å². The standard InChI is InChI=1S/C56H88N16O11/c1-8-36(53(82)72-27-15-20-42(72)51(80)68-38(19-14-26-64-55(61)62)47(76)67-37(46(58)75)18-13-25-63-54(59)60)66-49(78)41(30-43(57)73)70-52(81)45(32(3)4)71-50(79)40(28-33-16-11-10-12-17-33)69-48(77)39(65-44(74)31-56(5,6)7)29-34-21-23-35(24-22-34)83-9-2/h10-12,16-17,21-24,32,36-42,45H,8-9,13-15,18-20,25-31H2,1-7H3,(H2,57,73)(H2,58,75)(H,65,74)(H,66,78)(H,67,76)(H,68,80)(H,69,77)(H,70,81)(H,71,79)(H4,59,60,63)(H4,61,62,64)/t36-,37-,38-,39+,40-,41-,42-,45-/m0/s1. The van der Waals surface area contributed by atoms with Gasteiger partial charge in [-0.25, -0.2) is 0 Å². The minimum absolute atomic E-state index is 0.00667. The van der Waals surface area contributed by atoms with Crippen LogP contribution in [0.2, 0.25) is 0 Å². The van der Waals surface area contributed by atoms with E-state index in [1.165, 1.54) is 4.90 Å². The van der Waals surface area contributed by atoms with Crippen molar-refractivity contribution >= 4 is 71.0 Å². The molecule has 27 nitrogen and oxygen atoms in total. The average Bonchev–Trinajstić information content (AvgIpc) is 4.11. The van der Waals surface area contributed by atoms with Gasteiger partial charge in [-0.2, -0.15) is 0 Å². The summed E-state index contributed by atoms with van der Waals surface area (Å²) >= 11 is 0. The summed E-state index contributed by atoms with van der Waals surface area (Å²) in [5.74, 6) is -8.06. The normalized spacial score (nSPS) is 15.5. The number of benzene rings is 2. The molecule has 3 rings (SSSR count). The number of amides is 10. The predicted molar refractivity (Wildman–Crippen MR) is 312 cm³/mol. The minimum atomic E-state index is -1.66. The number of ether oxygens (including phenoxy) is 1. The number of primary amides is 2. The molecule has 2 aromatic rings. The minimum Gasteiger partial charge on any atom is -0.494 e. The van der Waals surface area contributed by atoms with Crippen LogP contribution in [0.1, 0.15) is 117 Å². The van der Waals surface area contributed by atoms with Gasteiger partial charge in [-0.3, -0.25) is 57.9 Å². The Kier molecular flexibility index (Phi) is 28.2. The Morgan fingerprint density at radius 1 is 0.614 bits per heavy atom. The Morgan fingerprint density at radius 2 is 1.12 bits per heavy atom. The zero-order valence-electron chi connectivity index (χ0n) is 48.8. The molecule has 0 saturated carbocycles. The number of nitrogens with one attached hydrogen (secondary N) is 7. The SMILES string of the molecule is CCOc1ccc(C[C@@H](NC(=O)CC(C)(C)C)C(=O)N[C@@H](Cc2ccccc2)C(=O)N[C@H](C(=O)N[C@@H](CC(N)=O)C(=O)N[C@@H](CC)C(=O)N2CCC[C@H]2C(=O)N[C@@H](CCCN=C(N)N)C(=O)N[C@@H](CCCN=C(N)N)C(N)=O)C(C)C)cc1. The van der Waals surface area contributed by atoms with Gasteiger partial charge in [-0.15, -0.1) is 0 Å². The first-order chi connectivity index (χ1) is 39.1. The summed E-state index contributed by atoms with van der Waals surface area (Å²) < 4.78 is 5.57. The van der Waals surface area contributed by atoms with Gasteiger partial charge in [0.25, 0.3) is 0 Å². The number of hydrogen-bond donors (Lipinski definition) is 13. The molecule has 27 heteroatoms. The van der Waals surface area contributed by atoms with Crippen LogP contribution < -0.4 is 76.4 Å². The predicted octanol–water partition coefficient (Wildman–Crippen LogP) is -1.77. The van der Waals surface area contributed by atoms with Crippen LogP contribution in [0.15, 0.2) is 64.6 Å². The highest BCUT2D eigenvalue weighted by molar-refractivity contribution is 5.99. The van der Waals surface area contributed by atoms with Crippen molar-refractivity contribution in [3.63, 3.8) is 0 Å². The fourth-order valence-electron chi connectivity index (χ4n) is 9.07. The summed E-state index contributed by atoms with van der Waals surface area (Å²) in [5.41, 5.74) is 33.8. The monoisotopic (exact) mass is 1160 g/mol. The van der Waals surface area contributed by atoms with Gasteiger partial charge in [0.05, 0.1) is 13.0 Å². The lowest BCUT2D eigenvalue weighted by Gasteiger charge is -2.31. The first kappa shape index (κ1) is 68.8. The first-order valence-corrected chi connectivity index (χ1v) is 28.0. The van der Waals surface area contributed by atoms with Gasteiger partial charge in [-0.05, 0) is 86.5 Å². The summed E-state index contributed by atoms with van der Waals surface area (Å²) in [6, 6.07) is 5.59. The van der Waals surface area contributed by atoms with Crippen molar-refractivity contribution in [2.24, 2.45) is 55.7 Å². The van der Waals surface area contributed by atoms with E-state index in [1.807, 2.05) is 27.7 Å². The van der Waals surface area contributed by atoms with Crippen LogP contribution in [-0.2, 0) is 60.8 Å². The molecule has 19 N–H and O–H groups in total. The molecule has 10 amide bonds. The molecule has 2 aromatic carbocycles. The molecule has 0 aromatic heterocycles. The number of nitrogens with zero attached hydrogens (tertiary/aromatic N) is 3. The highest BCUT2D eigenvalue weighted by Gasteiger charge is 2.40. The van der Waals surface area contributed by atoms with Gasteiger partial charge in [0.1, 0.15) is 54.1 Å². The van der Waals surface area contributed by atoms with Crippen LogP contribution in [0.25, 0.3) is 0 Å². The Hall–Kier alpha value is -8.52. The van der Waals surface area contributed by atoms with Crippen LogP contribution in [-0.4, -0.2) is 150 Å². The van der Waals surface area contributed by atoms with Gasteiger partial charge >= 0.3 is 0 Å². The molecular formula is C56H88N16O11. The molecule has 1 fully saturated rings. The second-order valence-corrected chi connectivity index (χ2v) is 21.9. The van der Waals surface area contributed by atoms with E-state index in [9.17, 15) is 47.9 Å². The lowest BCUT2D eigenvalue weighted by molar-refractivity contribution is -0.143. The summed E-state index contributed by atoms with van der Waals surface area (Å²) in [4.78, 5) is 146. The average molecular weight is 1160 g/mol. The molecule has 0 unspecified atom stereocenters. The molecule has 0 radical (unpaired) electrons. The van der Waals surface area contributed by atoms with Crippen molar-refractivity contribution in [3.05, 3.63) is 65.7 Å². The molecule has 0 aliphatic carbocycles. The first-order valence-electron chi connectivity index (χ1n) is 28.0. The van der Waals surface area contributed by atoms with Crippen molar-refractivity contribution < 1.29 is 52.7 Å². The van der Waals surface area contributed by atoms with Crippen molar-refractivity contribution in [2.45, 2.75) is 167 Å². The van der Waals surface area contributed by atoms with E-state index in [0.29, 0.717) is 29.9 Å². The highest BCUT2D eigenvalue weighted by atomic mass is 16.5. The molecule has 458 valence electrons. The maximum Gasteiger partial charge on any atom is 0.245 e. The van der Waals surface area contributed by atoms with Crippen LogP contribution in [0.5, 0.6) is 5.75 Å². The van der Waals surface area contributed by atoms with E-state index in [2.05, 4.69) is 47.2 Å². The Bertz CT molecular complexity index is 2590. The molecule has 83 heavy (non-hydrogen) atoms. The van der Waals surface area contributed by atoms with Crippen LogP contribution >= 0.6 is 0 Å². The zero-order valence-corrected chi connectivity index (χ0v) is 48.8. The number of likely N-dealkylation sites (tertiary alicyclic amines) is 1. The Balaban J connectivity index is 1.84. The van der Waals surface area contributed by atoms with Crippen molar-refractivity contribution in [2.75, 3.05) is 26.2 Å². The number of carbonyl (C=O) groups is 10. The van der Waals surface area contributed by atoms with E-state index in [4.69, 9.17) is 39.1 Å². The third kappa shape index (κ3) is 24.6. The summed E-state index contributed by atoms with van der Waals surface area (Å²) in [7, 11) is 0. The third-order valence-corrected chi connectivity index (χ3v) is 13.3. The highest BCUT2D eigenvalue weighted by Crippen LogP contribution is 2.22. The largest absolute Gasteiger partial charge is 0.494 e. The number of aliphatic imine (C=N–C) groups is 2. The van der Waals surface area contributed by atoms with E-state index in [-0.39, 0.29) is 95.2 Å². The molecule has 1 saturated heterocycles. The number of guanidine groups is 2. The quantitative estimate of drug-likeness (QED) is 0.0209. The fraction of sp³-hybridized carbons (Fsp3) is 0.571. The summed E-state index contributed by atoms with van der Waals surface area (Å²) in [5, 5.41) is 18.8. The number of carbonyl (C=O) groups excluding carboxylic acids is 10. The number of hydrogen-bond acceptors (Lipinski definition) is 13. The summed E-state index contributed by atoms with van der Waals surface area (Å²) in [6.07, 6.45) is 0.512. The van der Waals surface area contributed by atoms with Gasteiger partial charge in [0.15, 0.2) is 11.9 Å².